The highest BCUT2D eigenvalue weighted by Gasteiger charge is 2.32. The molecule has 0 saturated heterocycles. The summed E-state index contributed by atoms with van der Waals surface area (Å²) >= 11 is 3.50. The normalized spacial score (nSPS) is 22.5. The average molecular weight is 359 g/mol. The maximum absolute atomic E-state index is 10.5. The fraction of sp³-hybridized carbons (Fsp3) is 0.625. The maximum atomic E-state index is 10.5. The van der Waals surface area contributed by atoms with E-state index >= 15 is 0 Å². The number of ether oxygens (including phenoxy) is 3. The highest BCUT2D eigenvalue weighted by molar-refractivity contribution is 9.10. The van der Waals surface area contributed by atoms with Gasteiger partial charge in [0.2, 0.25) is 0 Å². The van der Waals surface area contributed by atoms with Gasteiger partial charge in [0.25, 0.3) is 0 Å². The first-order valence-electron chi connectivity index (χ1n) is 7.30. The summed E-state index contributed by atoms with van der Waals surface area (Å²) in [6.07, 6.45) is 2.69. The Bertz CT molecular complexity index is 472. The number of hydrogen-bond acceptors (Lipinski definition) is 4. The third-order valence-corrected chi connectivity index (χ3v) is 4.70. The molecule has 0 bridgehead atoms. The molecule has 1 fully saturated rings. The zero-order valence-electron chi connectivity index (χ0n) is 12.8. The van der Waals surface area contributed by atoms with Gasteiger partial charge < -0.3 is 19.3 Å². The van der Waals surface area contributed by atoms with E-state index in [1.165, 1.54) is 0 Å². The summed E-state index contributed by atoms with van der Waals surface area (Å²) in [4.78, 5) is 0. The third kappa shape index (κ3) is 3.90. The molecule has 1 aliphatic carbocycles. The van der Waals surface area contributed by atoms with Crippen LogP contribution in [-0.4, -0.2) is 32.0 Å². The molecular formula is C16H23BrO4. The Morgan fingerprint density at radius 3 is 2.43 bits per heavy atom. The van der Waals surface area contributed by atoms with Crippen molar-refractivity contribution in [2.24, 2.45) is 5.92 Å². The number of hydrogen-bond donors (Lipinski definition) is 1. The van der Waals surface area contributed by atoms with Crippen molar-refractivity contribution in [2.75, 3.05) is 20.8 Å². The lowest BCUT2D eigenvalue weighted by atomic mass is 9.78. The van der Waals surface area contributed by atoms with Gasteiger partial charge >= 0.3 is 0 Å². The predicted octanol–water partition coefficient (Wildman–Crippen LogP) is 3.70. The fourth-order valence-corrected chi connectivity index (χ4v) is 3.39. The second kappa shape index (κ2) is 7.47. The Morgan fingerprint density at radius 1 is 1.24 bits per heavy atom. The molecule has 0 aromatic heterocycles. The predicted molar refractivity (Wildman–Crippen MR) is 85.0 cm³/mol. The second-order valence-corrected chi connectivity index (χ2v) is 6.25. The second-order valence-electron chi connectivity index (χ2n) is 5.39. The molecule has 21 heavy (non-hydrogen) atoms. The molecule has 0 heterocycles. The molecule has 1 aromatic rings. The minimum absolute atomic E-state index is 0.376. The molecule has 0 amide bonds. The minimum Gasteiger partial charge on any atom is -0.493 e. The molecule has 1 aromatic carbocycles. The van der Waals surface area contributed by atoms with E-state index in [-0.39, 0.29) is 0 Å². The third-order valence-electron chi connectivity index (χ3n) is 4.01. The summed E-state index contributed by atoms with van der Waals surface area (Å²) in [5, 5.41) is 10.5. The standard InChI is InChI=1S/C16H23BrO4/c1-4-21-11-5-10(6-11)7-14(18)12-8-15(19-2)16(20-3)9-13(12)17/h8-11,14,18H,4-7H2,1-3H3. The van der Waals surface area contributed by atoms with E-state index in [1.807, 2.05) is 19.1 Å². The summed E-state index contributed by atoms with van der Waals surface area (Å²) in [5.74, 6) is 1.81. The van der Waals surface area contributed by atoms with Gasteiger partial charge in [0, 0.05) is 11.1 Å². The first-order valence-corrected chi connectivity index (χ1v) is 8.09. The van der Waals surface area contributed by atoms with E-state index in [4.69, 9.17) is 14.2 Å². The number of rotatable bonds is 7. The molecular weight excluding hydrogens is 336 g/mol. The average Bonchev–Trinajstić information content (AvgIpc) is 2.44. The summed E-state index contributed by atoms with van der Waals surface area (Å²) in [5.41, 5.74) is 0.840. The Hall–Kier alpha value is -0.780. The van der Waals surface area contributed by atoms with Crippen LogP contribution >= 0.6 is 15.9 Å². The largest absolute Gasteiger partial charge is 0.493 e. The topological polar surface area (TPSA) is 47.9 Å². The molecule has 1 aliphatic rings. The quantitative estimate of drug-likeness (QED) is 0.806. The van der Waals surface area contributed by atoms with E-state index in [9.17, 15) is 5.11 Å². The van der Waals surface area contributed by atoms with Gasteiger partial charge in [-0.15, -0.1) is 0 Å². The van der Waals surface area contributed by atoms with E-state index in [0.29, 0.717) is 23.5 Å². The van der Waals surface area contributed by atoms with Crippen LogP contribution in [0.1, 0.15) is 37.9 Å². The van der Waals surface area contributed by atoms with Crippen molar-refractivity contribution in [3.05, 3.63) is 22.2 Å². The van der Waals surface area contributed by atoms with Crippen molar-refractivity contribution < 1.29 is 19.3 Å². The molecule has 0 spiro atoms. The zero-order valence-corrected chi connectivity index (χ0v) is 14.4. The van der Waals surface area contributed by atoms with Gasteiger partial charge in [-0.05, 0) is 49.8 Å². The van der Waals surface area contributed by atoms with Gasteiger partial charge in [-0.25, -0.2) is 0 Å². The Balaban J connectivity index is 2.01. The smallest absolute Gasteiger partial charge is 0.161 e. The van der Waals surface area contributed by atoms with Crippen molar-refractivity contribution >= 4 is 15.9 Å². The highest BCUT2D eigenvalue weighted by atomic mass is 79.9. The fourth-order valence-electron chi connectivity index (χ4n) is 2.81. The summed E-state index contributed by atoms with van der Waals surface area (Å²) in [6.45, 7) is 2.78. The van der Waals surface area contributed by atoms with Crippen LogP contribution in [0.2, 0.25) is 0 Å². The monoisotopic (exact) mass is 358 g/mol. The van der Waals surface area contributed by atoms with E-state index in [0.717, 1.165) is 35.9 Å². The van der Waals surface area contributed by atoms with E-state index in [1.54, 1.807) is 14.2 Å². The Kier molecular flexibility index (Phi) is 5.90. The zero-order chi connectivity index (χ0) is 15.4. The first kappa shape index (κ1) is 16.6. The summed E-state index contributed by atoms with van der Waals surface area (Å²) in [6, 6.07) is 3.67. The molecule has 1 atom stereocenters. The van der Waals surface area contributed by atoms with E-state index in [2.05, 4.69) is 15.9 Å². The van der Waals surface area contributed by atoms with Gasteiger partial charge in [-0.1, -0.05) is 15.9 Å². The Labute approximate surface area is 134 Å². The number of halogens is 1. The van der Waals surface area contributed by atoms with Crippen LogP contribution in [0.15, 0.2) is 16.6 Å². The Morgan fingerprint density at radius 2 is 1.86 bits per heavy atom. The lowest BCUT2D eigenvalue weighted by Gasteiger charge is -2.36. The molecule has 1 saturated carbocycles. The van der Waals surface area contributed by atoms with Crippen LogP contribution in [0, 0.1) is 5.92 Å². The lowest BCUT2D eigenvalue weighted by Crippen LogP contribution is -2.32. The molecule has 2 rings (SSSR count). The SMILES string of the molecule is CCOC1CC(CC(O)c2cc(OC)c(OC)cc2Br)C1. The van der Waals surface area contributed by atoms with Gasteiger partial charge in [-0.3, -0.25) is 0 Å². The van der Waals surface area contributed by atoms with Gasteiger partial charge in [0.05, 0.1) is 26.4 Å². The van der Waals surface area contributed by atoms with Gasteiger partial charge in [0.15, 0.2) is 11.5 Å². The van der Waals surface area contributed by atoms with Crippen LogP contribution in [0.25, 0.3) is 0 Å². The lowest BCUT2D eigenvalue weighted by molar-refractivity contribution is -0.0380. The van der Waals surface area contributed by atoms with Crippen LogP contribution in [0.3, 0.4) is 0 Å². The number of benzene rings is 1. The van der Waals surface area contributed by atoms with Gasteiger partial charge in [0.1, 0.15) is 0 Å². The van der Waals surface area contributed by atoms with Crippen LogP contribution in [0.4, 0.5) is 0 Å². The van der Waals surface area contributed by atoms with Crippen molar-refractivity contribution in [2.45, 2.75) is 38.4 Å². The number of methoxy groups -OCH3 is 2. The molecule has 1 unspecified atom stereocenters. The van der Waals surface area contributed by atoms with Crippen molar-refractivity contribution in [3.63, 3.8) is 0 Å². The van der Waals surface area contributed by atoms with Crippen LogP contribution in [-0.2, 0) is 4.74 Å². The highest BCUT2D eigenvalue weighted by Crippen LogP contribution is 2.41. The van der Waals surface area contributed by atoms with E-state index < -0.39 is 6.10 Å². The summed E-state index contributed by atoms with van der Waals surface area (Å²) < 4.78 is 17.0. The molecule has 5 heteroatoms. The molecule has 4 nitrogen and oxygen atoms in total. The van der Waals surface area contributed by atoms with Crippen LogP contribution in [0.5, 0.6) is 11.5 Å². The molecule has 0 radical (unpaired) electrons. The number of aliphatic hydroxyl groups is 1. The molecule has 1 N–H and O–H groups in total. The number of aliphatic hydroxyl groups excluding tert-OH is 1. The van der Waals surface area contributed by atoms with Crippen molar-refractivity contribution in [3.8, 4) is 11.5 Å². The summed E-state index contributed by atoms with van der Waals surface area (Å²) in [7, 11) is 3.20. The maximum Gasteiger partial charge on any atom is 0.161 e. The first-order chi connectivity index (χ1) is 10.1. The minimum atomic E-state index is -0.508. The van der Waals surface area contributed by atoms with Crippen molar-refractivity contribution in [1.82, 2.24) is 0 Å². The molecule has 118 valence electrons. The van der Waals surface area contributed by atoms with Crippen LogP contribution < -0.4 is 9.47 Å². The van der Waals surface area contributed by atoms with Gasteiger partial charge in [-0.2, -0.15) is 0 Å². The van der Waals surface area contributed by atoms with Crippen molar-refractivity contribution in [1.29, 1.82) is 0 Å². The molecule has 0 aliphatic heterocycles.